The third-order valence-corrected chi connectivity index (χ3v) is 3.66. The van der Waals surface area contributed by atoms with E-state index in [1.54, 1.807) is 30.3 Å². The van der Waals surface area contributed by atoms with Crippen LogP contribution in [0.3, 0.4) is 0 Å². The van der Waals surface area contributed by atoms with Gasteiger partial charge in [0.1, 0.15) is 5.82 Å². The fourth-order valence-corrected chi connectivity index (χ4v) is 2.55. The van der Waals surface area contributed by atoms with Gasteiger partial charge in [0.05, 0.1) is 10.7 Å². The van der Waals surface area contributed by atoms with E-state index in [4.69, 9.17) is 28.9 Å². The molecule has 0 amide bonds. The van der Waals surface area contributed by atoms with Gasteiger partial charge in [0.25, 0.3) is 5.56 Å². The Labute approximate surface area is 125 Å². The zero-order valence-corrected chi connectivity index (χ0v) is 11.8. The van der Waals surface area contributed by atoms with Gasteiger partial charge < -0.3 is 5.73 Å². The summed E-state index contributed by atoms with van der Waals surface area (Å²) in [5.74, 6) is 0.317. The Bertz CT molecular complexity index is 871. The van der Waals surface area contributed by atoms with E-state index in [9.17, 15) is 4.79 Å². The average molecular weight is 305 g/mol. The monoisotopic (exact) mass is 304 g/mol. The number of hydrogen-bond donors (Lipinski definition) is 1. The van der Waals surface area contributed by atoms with Gasteiger partial charge in [0.15, 0.2) is 0 Å². The van der Waals surface area contributed by atoms with Crippen molar-refractivity contribution in [2.75, 3.05) is 5.73 Å². The molecule has 0 saturated carbocycles. The first-order valence-corrected chi connectivity index (χ1v) is 6.69. The van der Waals surface area contributed by atoms with Crippen LogP contribution in [0.4, 0.5) is 5.82 Å². The summed E-state index contributed by atoms with van der Waals surface area (Å²) >= 11 is 12.1. The molecule has 0 radical (unpaired) electrons. The Balaban J connectivity index is 2.42. The first kappa shape index (κ1) is 13.0. The number of nitrogens with zero attached hydrogens (tertiary/aromatic N) is 1. The van der Waals surface area contributed by atoms with Crippen LogP contribution in [0, 0.1) is 0 Å². The highest BCUT2D eigenvalue weighted by Gasteiger charge is 2.12. The molecular weight excluding hydrogens is 295 g/mol. The summed E-state index contributed by atoms with van der Waals surface area (Å²) < 4.78 is 1.37. The molecule has 0 saturated heterocycles. The average Bonchev–Trinajstić information content (AvgIpc) is 2.42. The Morgan fingerprint density at radius 2 is 1.75 bits per heavy atom. The summed E-state index contributed by atoms with van der Waals surface area (Å²) in [6.45, 7) is 0. The molecule has 0 bridgehead atoms. The second-order valence-corrected chi connectivity index (χ2v) is 5.24. The normalized spacial score (nSPS) is 10.9. The van der Waals surface area contributed by atoms with Gasteiger partial charge in [0.2, 0.25) is 0 Å². The first-order chi connectivity index (χ1) is 9.58. The molecule has 0 aliphatic heterocycles. The molecule has 0 aliphatic carbocycles. The molecule has 1 aromatic heterocycles. The van der Waals surface area contributed by atoms with Gasteiger partial charge >= 0.3 is 0 Å². The maximum Gasteiger partial charge on any atom is 0.264 e. The van der Waals surface area contributed by atoms with Crippen LogP contribution in [-0.4, -0.2) is 4.57 Å². The number of rotatable bonds is 1. The molecule has 2 N–H and O–H groups in total. The van der Waals surface area contributed by atoms with Gasteiger partial charge in [-0.25, -0.2) is 0 Å². The quantitative estimate of drug-likeness (QED) is 0.741. The molecule has 0 unspecified atom stereocenters. The third kappa shape index (κ3) is 2.05. The topological polar surface area (TPSA) is 48.0 Å². The third-order valence-electron chi connectivity index (χ3n) is 3.10. The van der Waals surface area contributed by atoms with E-state index in [-0.39, 0.29) is 5.56 Å². The minimum Gasteiger partial charge on any atom is -0.385 e. The molecule has 0 spiro atoms. The Kier molecular flexibility index (Phi) is 3.16. The van der Waals surface area contributed by atoms with Gasteiger partial charge in [-0.1, -0.05) is 41.4 Å². The molecule has 3 aromatic rings. The van der Waals surface area contributed by atoms with E-state index in [1.165, 1.54) is 4.57 Å². The van der Waals surface area contributed by atoms with Crippen molar-refractivity contribution in [3.63, 3.8) is 0 Å². The molecule has 2 aromatic carbocycles. The number of aromatic nitrogens is 1. The first-order valence-electron chi connectivity index (χ1n) is 5.93. The number of nitrogen functional groups attached to an aromatic ring is 1. The van der Waals surface area contributed by atoms with Crippen LogP contribution < -0.4 is 11.3 Å². The van der Waals surface area contributed by atoms with Gasteiger partial charge in [-0.05, 0) is 35.7 Å². The maximum atomic E-state index is 12.6. The van der Waals surface area contributed by atoms with Crippen molar-refractivity contribution in [1.29, 1.82) is 0 Å². The van der Waals surface area contributed by atoms with Crippen molar-refractivity contribution in [2.24, 2.45) is 0 Å². The summed E-state index contributed by atoms with van der Waals surface area (Å²) in [6.07, 6.45) is 0. The number of fused-ring (bicyclic) bond motifs is 1. The van der Waals surface area contributed by atoms with E-state index in [0.717, 1.165) is 5.39 Å². The Hall–Kier alpha value is -1.97. The molecule has 1 heterocycles. The summed E-state index contributed by atoms with van der Waals surface area (Å²) in [6, 6.07) is 13.9. The van der Waals surface area contributed by atoms with Crippen LogP contribution >= 0.6 is 23.2 Å². The largest absolute Gasteiger partial charge is 0.385 e. The van der Waals surface area contributed by atoms with Crippen LogP contribution in [-0.2, 0) is 0 Å². The second kappa shape index (κ2) is 4.85. The highest BCUT2D eigenvalue weighted by molar-refractivity contribution is 6.34. The zero-order valence-electron chi connectivity index (χ0n) is 10.3. The molecule has 0 fully saturated rings. The van der Waals surface area contributed by atoms with Gasteiger partial charge in [0, 0.05) is 10.4 Å². The van der Waals surface area contributed by atoms with E-state index >= 15 is 0 Å². The molecule has 100 valence electrons. The summed E-state index contributed by atoms with van der Waals surface area (Å²) in [7, 11) is 0. The lowest BCUT2D eigenvalue weighted by atomic mass is 10.1. The lowest BCUT2D eigenvalue weighted by Gasteiger charge is -2.13. The minimum atomic E-state index is -0.218. The van der Waals surface area contributed by atoms with Crippen LogP contribution in [0.2, 0.25) is 10.0 Å². The maximum absolute atomic E-state index is 12.6. The number of pyridine rings is 1. The standard InChI is InChI=1S/C15H10Cl2N2O/c16-10-5-6-12(17)13(8-10)19-14(18)7-9-3-1-2-4-11(9)15(19)20/h1-8H,18H2. The molecule has 0 aliphatic rings. The van der Waals surface area contributed by atoms with Crippen molar-refractivity contribution >= 4 is 39.8 Å². The minimum absolute atomic E-state index is 0.218. The molecule has 5 heteroatoms. The van der Waals surface area contributed by atoms with Crippen molar-refractivity contribution in [1.82, 2.24) is 4.57 Å². The Morgan fingerprint density at radius 3 is 2.55 bits per heavy atom. The number of halogens is 2. The van der Waals surface area contributed by atoms with Crippen molar-refractivity contribution in [3.8, 4) is 5.69 Å². The van der Waals surface area contributed by atoms with Crippen molar-refractivity contribution in [3.05, 3.63) is 68.9 Å². The molecule has 3 nitrogen and oxygen atoms in total. The Morgan fingerprint density at radius 1 is 1.00 bits per heavy atom. The number of benzene rings is 2. The number of nitrogens with two attached hydrogens (primary N) is 1. The van der Waals surface area contributed by atoms with Gasteiger partial charge in [-0.2, -0.15) is 0 Å². The predicted octanol–water partition coefficient (Wildman–Crippen LogP) is 3.88. The van der Waals surface area contributed by atoms with Crippen molar-refractivity contribution in [2.45, 2.75) is 0 Å². The van der Waals surface area contributed by atoms with E-state index in [1.807, 2.05) is 18.2 Å². The molecular formula is C15H10Cl2N2O. The van der Waals surface area contributed by atoms with E-state index in [0.29, 0.717) is 26.9 Å². The van der Waals surface area contributed by atoms with E-state index in [2.05, 4.69) is 0 Å². The number of hydrogen-bond acceptors (Lipinski definition) is 2. The van der Waals surface area contributed by atoms with E-state index < -0.39 is 0 Å². The lowest BCUT2D eigenvalue weighted by molar-refractivity contribution is 1.02. The van der Waals surface area contributed by atoms with Crippen LogP contribution in [0.25, 0.3) is 16.5 Å². The summed E-state index contributed by atoms with van der Waals surface area (Å²) in [5.41, 5.74) is 6.26. The zero-order chi connectivity index (χ0) is 14.3. The molecule has 0 atom stereocenters. The summed E-state index contributed by atoms with van der Waals surface area (Å²) in [4.78, 5) is 12.6. The SMILES string of the molecule is Nc1cc2ccccc2c(=O)n1-c1cc(Cl)ccc1Cl. The molecule has 20 heavy (non-hydrogen) atoms. The highest BCUT2D eigenvalue weighted by atomic mass is 35.5. The fraction of sp³-hybridized carbons (Fsp3) is 0. The van der Waals surface area contributed by atoms with Gasteiger partial charge in [-0.15, -0.1) is 0 Å². The van der Waals surface area contributed by atoms with Crippen LogP contribution in [0.15, 0.2) is 53.3 Å². The summed E-state index contributed by atoms with van der Waals surface area (Å²) in [5, 5.41) is 2.28. The van der Waals surface area contributed by atoms with Crippen LogP contribution in [0.1, 0.15) is 0 Å². The highest BCUT2D eigenvalue weighted by Crippen LogP contribution is 2.26. The lowest BCUT2D eigenvalue weighted by Crippen LogP contribution is -2.21. The second-order valence-electron chi connectivity index (χ2n) is 4.39. The smallest absolute Gasteiger partial charge is 0.264 e. The fourth-order valence-electron chi connectivity index (χ4n) is 2.18. The number of anilines is 1. The van der Waals surface area contributed by atoms with Crippen molar-refractivity contribution < 1.29 is 0 Å². The molecule has 3 rings (SSSR count). The van der Waals surface area contributed by atoms with Crippen LogP contribution in [0.5, 0.6) is 0 Å². The van der Waals surface area contributed by atoms with Gasteiger partial charge in [-0.3, -0.25) is 9.36 Å². The predicted molar refractivity (Wildman–Crippen MR) is 84.0 cm³/mol.